The van der Waals surface area contributed by atoms with Crippen LogP contribution < -0.4 is 10.1 Å². The van der Waals surface area contributed by atoms with Crippen LogP contribution in [-0.2, 0) is 4.79 Å². The number of hydrogen-bond donors (Lipinski definition) is 2. The molecule has 24 heavy (non-hydrogen) atoms. The molecule has 0 saturated heterocycles. The predicted molar refractivity (Wildman–Crippen MR) is 85.2 cm³/mol. The van der Waals surface area contributed by atoms with E-state index in [1.165, 1.54) is 43.3 Å². The minimum absolute atomic E-state index is 0.0448. The molecule has 2 rings (SSSR count). The lowest BCUT2D eigenvalue weighted by Crippen LogP contribution is -2.30. The Morgan fingerprint density at radius 1 is 1.17 bits per heavy atom. The van der Waals surface area contributed by atoms with E-state index in [1.54, 1.807) is 12.1 Å². The zero-order valence-corrected chi connectivity index (χ0v) is 12.6. The molecule has 2 N–H and O–H groups in total. The van der Waals surface area contributed by atoms with Crippen molar-refractivity contribution in [3.05, 3.63) is 64.2 Å². The van der Waals surface area contributed by atoms with Gasteiger partial charge >= 0.3 is 11.7 Å². The standard InChI is InChI=1S/C16H14N2O6/c1-10(24-14-9-5-4-8-13(14)18(22)23)15(19)17-12-7-3-2-6-11(12)16(20)21/h2-10H,1H3,(H,17,19)(H,20,21). The van der Waals surface area contributed by atoms with Gasteiger partial charge in [0.2, 0.25) is 0 Å². The molecule has 124 valence electrons. The van der Waals surface area contributed by atoms with Gasteiger partial charge in [-0.2, -0.15) is 0 Å². The number of para-hydroxylation sites is 3. The van der Waals surface area contributed by atoms with Gasteiger partial charge in [-0.3, -0.25) is 14.9 Å². The summed E-state index contributed by atoms with van der Waals surface area (Å²) in [4.78, 5) is 33.6. The van der Waals surface area contributed by atoms with E-state index < -0.39 is 22.9 Å². The summed E-state index contributed by atoms with van der Waals surface area (Å²) in [5.74, 6) is -1.85. The number of nitrogens with one attached hydrogen (secondary N) is 1. The Hall–Kier alpha value is -3.42. The van der Waals surface area contributed by atoms with Crippen LogP contribution in [0.3, 0.4) is 0 Å². The smallest absolute Gasteiger partial charge is 0.337 e. The number of rotatable bonds is 6. The molecule has 0 spiro atoms. The Morgan fingerprint density at radius 2 is 1.79 bits per heavy atom. The Bertz CT molecular complexity index is 790. The molecular formula is C16H14N2O6. The summed E-state index contributed by atoms with van der Waals surface area (Å²) in [6.07, 6.45) is -1.06. The molecule has 0 aromatic heterocycles. The summed E-state index contributed by atoms with van der Waals surface area (Å²) in [6.45, 7) is 1.41. The lowest BCUT2D eigenvalue weighted by atomic mass is 10.1. The zero-order chi connectivity index (χ0) is 17.7. The number of carboxylic acids is 1. The van der Waals surface area contributed by atoms with E-state index in [9.17, 15) is 19.7 Å². The van der Waals surface area contributed by atoms with Crippen LogP contribution in [0.5, 0.6) is 5.75 Å². The molecule has 2 aromatic rings. The first-order valence-electron chi connectivity index (χ1n) is 6.93. The van der Waals surface area contributed by atoms with E-state index in [1.807, 2.05) is 0 Å². The van der Waals surface area contributed by atoms with Gasteiger partial charge in [-0.15, -0.1) is 0 Å². The zero-order valence-electron chi connectivity index (χ0n) is 12.6. The minimum Gasteiger partial charge on any atom is -0.478 e. The highest BCUT2D eigenvalue weighted by Crippen LogP contribution is 2.27. The number of nitro benzene ring substituents is 1. The van der Waals surface area contributed by atoms with Crippen LogP contribution >= 0.6 is 0 Å². The number of nitro groups is 1. The van der Waals surface area contributed by atoms with Gasteiger partial charge in [0, 0.05) is 6.07 Å². The summed E-state index contributed by atoms with van der Waals surface area (Å²) < 4.78 is 5.34. The molecule has 8 nitrogen and oxygen atoms in total. The number of nitrogens with zero attached hydrogens (tertiary/aromatic N) is 1. The number of hydrogen-bond acceptors (Lipinski definition) is 5. The van der Waals surface area contributed by atoms with Gasteiger partial charge in [0.1, 0.15) is 0 Å². The van der Waals surface area contributed by atoms with Gasteiger partial charge in [0.15, 0.2) is 11.9 Å². The number of carbonyl (C=O) groups is 2. The van der Waals surface area contributed by atoms with Crippen LogP contribution in [-0.4, -0.2) is 28.0 Å². The maximum Gasteiger partial charge on any atom is 0.337 e. The van der Waals surface area contributed by atoms with Gasteiger partial charge in [0.25, 0.3) is 5.91 Å². The fraction of sp³-hybridized carbons (Fsp3) is 0.125. The average Bonchev–Trinajstić information content (AvgIpc) is 2.55. The molecular weight excluding hydrogens is 316 g/mol. The van der Waals surface area contributed by atoms with Gasteiger partial charge in [-0.25, -0.2) is 4.79 Å². The summed E-state index contributed by atoms with van der Waals surface area (Å²) >= 11 is 0. The molecule has 1 amide bonds. The summed E-state index contributed by atoms with van der Waals surface area (Å²) in [5.41, 5.74) is -0.208. The van der Waals surface area contributed by atoms with E-state index in [0.717, 1.165) is 0 Å². The van der Waals surface area contributed by atoms with Crippen LogP contribution in [0.15, 0.2) is 48.5 Å². The van der Waals surface area contributed by atoms with E-state index >= 15 is 0 Å². The number of carbonyl (C=O) groups excluding carboxylic acids is 1. The van der Waals surface area contributed by atoms with Crippen molar-refractivity contribution in [3.63, 3.8) is 0 Å². The Morgan fingerprint density at radius 3 is 2.46 bits per heavy atom. The molecule has 0 radical (unpaired) electrons. The molecule has 1 unspecified atom stereocenters. The molecule has 1 atom stereocenters. The number of amides is 1. The van der Waals surface area contributed by atoms with Crippen LogP contribution in [0, 0.1) is 10.1 Å². The monoisotopic (exact) mass is 330 g/mol. The molecule has 0 heterocycles. The lowest BCUT2D eigenvalue weighted by molar-refractivity contribution is -0.386. The Balaban J connectivity index is 2.14. The fourth-order valence-corrected chi connectivity index (χ4v) is 1.96. The van der Waals surface area contributed by atoms with Crippen LogP contribution in [0.1, 0.15) is 17.3 Å². The van der Waals surface area contributed by atoms with Crippen molar-refractivity contribution in [3.8, 4) is 5.75 Å². The third-order valence-corrected chi connectivity index (χ3v) is 3.15. The SMILES string of the molecule is CC(Oc1ccccc1[N+](=O)[O-])C(=O)Nc1ccccc1C(=O)O. The second-order valence-electron chi connectivity index (χ2n) is 4.82. The first-order chi connectivity index (χ1) is 11.4. The molecule has 0 aliphatic heterocycles. The Kier molecular flexibility index (Phi) is 5.10. The number of anilines is 1. The normalized spacial score (nSPS) is 11.4. The third kappa shape index (κ3) is 3.86. The van der Waals surface area contributed by atoms with Crippen molar-refractivity contribution < 1.29 is 24.4 Å². The fourth-order valence-electron chi connectivity index (χ4n) is 1.96. The van der Waals surface area contributed by atoms with Crippen molar-refractivity contribution in [2.45, 2.75) is 13.0 Å². The molecule has 2 aromatic carbocycles. The first-order valence-corrected chi connectivity index (χ1v) is 6.93. The number of benzene rings is 2. The van der Waals surface area contributed by atoms with Gasteiger partial charge in [-0.1, -0.05) is 24.3 Å². The molecule has 0 aliphatic carbocycles. The third-order valence-electron chi connectivity index (χ3n) is 3.15. The second kappa shape index (κ2) is 7.23. The predicted octanol–water partition coefficient (Wildman–Crippen LogP) is 2.70. The lowest BCUT2D eigenvalue weighted by Gasteiger charge is -2.15. The van der Waals surface area contributed by atoms with Crippen molar-refractivity contribution in [2.24, 2.45) is 0 Å². The van der Waals surface area contributed by atoms with Crippen LogP contribution in [0.2, 0.25) is 0 Å². The van der Waals surface area contributed by atoms with Crippen LogP contribution in [0.25, 0.3) is 0 Å². The summed E-state index contributed by atoms with van der Waals surface area (Å²) in [7, 11) is 0. The highest BCUT2D eigenvalue weighted by atomic mass is 16.6. The summed E-state index contributed by atoms with van der Waals surface area (Å²) in [6, 6.07) is 11.6. The van der Waals surface area contributed by atoms with Gasteiger partial charge in [0.05, 0.1) is 16.2 Å². The number of aromatic carboxylic acids is 1. The largest absolute Gasteiger partial charge is 0.478 e. The van der Waals surface area contributed by atoms with Gasteiger partial charge in [-0.05, 0) is 25.1 Å². The van der Waals surface area contributed by atoms with Crippen LogP contribution in [0.4, 0.5) is 11.4 Å². The number of ether oxygens (including phenoxy) is 1. The first kappa shape index (κ1) is 16.9. The molecule has 8 heteroatoms. The van der Waals surface area contributed by atoms with E-state index in [2.05, 4.69) is 5.32 Å². The quantitative estimate of drug-likeness (QED) is 0.621. The van der Waals surface area contributed by atoms with E-state index in [0.29, 0.717) is 0 Å². The van der Waals surface area contributed by atoms with Crippen molar-refractivity contribution in [2.75, 3.05) is 5.32 Å². The van der Waals surface area contributed by atoms with E-state index in [-0.39, 0.29) is 22.7 Å². The van der Waals surface area contributed by atoms with Crippen molar-refractivity contribution in [1.82, 2.24) is 0 Å². The van der Waals surface area contributed by atoms with E-state index in [4.69, 9.17) is 9.84 Å². The summed E-state index contributed by atoms with van der Waals surface area (Å²) in [5, 5.41) is 22.5. The van der Waals surface area contributed by atoms with Gasteiger partial charge < -0.3 is 15.2 Å². The minimum atomic E-state index is -1.18. The topological polar surface area (TPSA) is 119 Å². The highest BCUT2D eigenvalue weighted by molar-refractivity contribution is 6.01. The number of carboxylic acid groups (broad SMARTS) is 1. The highest BCUT2D eigenvalue weighted by Gasteiger charge is 2.22. The maximum absolute atomic E-state index is 12.2. The van der Waals surface area contributed by atoms with Crippen molar-refractivity contribution in [1.29, 1.82) is 0 Å². The molecule has 0 fully saturated rings. The maximum atomic E-state index is 12.2. The van der Waals surface area contributed by atoms with Crippen molar-refractivity contribution >= 4 is 23.3 Å². The average molecular weight is 330 g/mol. The molecule has 0 bridgehead atoms. The molecule has 0 aliphatic rings. The molecule has 0 saturated carbocycles. The second-order valence-corrected chi connectivity index (χ2v) is 4.82. The Labute approximate surface area is 136 Å².